The number of carbonyl (C=O) groups excluding carboxylic acids is 1. The molecular weight excluding hydrogens is 286 g/mol. The molecule has 0 radical (unpaired) electrons. The normalized spacial score (nSPS) is 11.4. The smallest absolute Gasteiger partial charge is 0.225 e. The fraction of sp³-hybridized carbons (Fsp3) is 0.471. The van der Waals surface area contributed by atoms with E-state index in [4.69, 9.17) is 16.3 Å². The minimum Gasteiger partial charge on any atom is -0.358 e. The highest BCUT2D eigenvalue weighted by atomic mass is 35.5. The topological polar surface area (TPSA) is 29.5 Å². The standard InChI is InChI=1S/C17H24ClNO2/c1-6-8-14-9-10-16(18)15(7-2)17(14)19(13(5)20)11-21-12(3)4/h6,8-10,12H,7,11H2,1-5H3/b8-6-. The molecule has 0 fully saturated rings. The minimum atomic E-state index is -0.0571. The summed E-state index contributed by atoms with van der Waals surface area (Å²) in [7, 11) is 0. The maximum absolute atomic E-state index is 12.1. The molecule has 3 nitrogen and oxygen atoms in total. The summed E-state index contributed by atoms with van der Waals surface area (Å²) in [5.74, 6) is -0.0571. The van der Waals surface area contributed by atoms with E-state index in [0.29, 0.717) is 5.02 Å². The van der Waals surface area contributed by atoms with Gasteiger partial charge in [0.05, 0.1) is 11.8 Å². The molecular formula is C17H24ClNO2. The van der Waals surface area contributed by atoms with Gasteiger partial charge in [0.1, 0.15) is 6.73 Å². The van der Waals surface area contributed by atoms with Gasteiger partial charge in [0.2, 0.25) is 5.91 Å². The number of allylic oxidation sites excluding steroid dienone is 1. The molecule has 0 aromatic heterocycles. The van der Waals surface area contributed by atoms with Crippen molar-refractivity contribution in [1.29, 1.82) is 0 Å². The number of halogens is 1. The second-order valence-corrected chi connectivity index (χ2v) is 5.52. The van der Waals surface area contributed by atoms with E-state index in [1.165, 1.54) is 0 Å². The van der Waals surface area contributed by atoms with Crippen molar-refractivity contribution in [3.63, 3.8) is 0 Å². The Morgan fingerprint density at radius 3 is 2.57 bits per heavy atom. The largest absolute Gasteiger partial charge is 0.358 e. The predicted molar refractivity (Wildman–Crippen MR) is 89.8 cm³/mol. The molecule has 116 valence electrons. The number of benzene rings is 1. The van der Waals surface area contributed by atoms with Crippen molar-refractivity contribution in [2.45, 2.75) is 47.1 Å². The first-order chi connectivity index (χ1) is 9.92. The van der Waals surface area contributed by atoms with E-state index in [9.17, 15) is 4.79 Å². The van der Waals surface area contributed by atoms with Crippen LogP contribution in [0.5, 0.6) is 0 Å². The molecule has 0 spiro atoms. The second kappa shape index (κ2) is 8.20. The van der Waals surface area contributed by atoms with Crippen molar-refractivity contribution in [3.8, 4) is 0 Å². The van der Waals surface area contributed by atoms with Gasteiger partial charge >= 0.3 is 0 Å². The molecule has 1 amide bonds. The molecule has 4 heteroatoms. The Bertz CT molecular complexity index is 524. The van der Waals surface area contributed by atoms with Crippen LogP contribution in [0.1, 0.15) is 45.7 Å². The molecule has 1 aromatic rings. The second-order valence-electron chi connectivity index (χ2n) is 5.11. The van der Waals surface area contributed by atoms with E-state index in [1.807, 2.05) is 52.0 Å². The summed E-state index contributed by atoms with van der Waals surface area (Å²) in [5.41, 5.74) is 2.78. The molecule has 0 aliphatic heterocycles. The SMILES string of the molecule is C/C=C\c1ccc(Cl)c(CC)c1N(COC(C)C)C(C)=O. The lowest BCUT2D eigenvalue weighted by Gasteiger charge is -2.27. The van der Waals surface area contributed by atoms with E-state index in [-0.39, 0.29) is 18.7 Å². The molecule has 0 N–H and O–H groups in total. The first-order valence-corrected chi connectivity index (χ1v) is 7.63. The van der Waals surface area contributed by atoms with Gasteiger partial charge in [0.15, 0.2) is 0 Å². The van der Waals surface area contributed by atoms with E-state index in [1.54, 1.807) is 11.8 Å². The zero-order chi connectivity index (χ0) is 16.0. The zero-order valence-corrected chi connectivity index (χ0v) is 14.2. The fourth-order valence-corrected chi connectivity index (χ4v) is 2.42. The highest BCUT2D eigenvalue weighted by Crippen LogP contribution is 2.33. The number of anilines is 1. The van der Waals surface area contributed by atoms with E-state index in [0.717, 1.165) is 23.2 Å². The van der Waals surface area contributed by atoms with Crippen molar-refractivity contribution in [3.05, 3.63) is 34.4 Å². The lowest BCUT2D eigenvalue weighted by molar-refractivity contribution is -0.118. The third-order valence-corrected chi connectivity index (χ3v) is 3.50. The molecule has 1 aromatic carbocycles. The number of nitrogens with zero attached hydrogens (tertiary/aromatic N) is 1. The Labute approximate surface area is 132 Å². The van der Waals surface area contributed by atoms with Gasteiger partial charge in [-0.05, 0) is 44.4 Å². The van der Waals surface area contributed by atoms with Crippen LogP contribution >= 0.6 is 11.6 Å². The van der Waals surface area contributed by atoms with Gasteiger partial charge in [-0.25, -0.2) is 0 Å². The van der Waals surface area contributed by atoms with Gasteiger partial charge in [-0.3, -0.25) is 9.69 Å². The highest BCUT2D eigenvalue weighted by Gasteiger charge is 2.20. The molecule has 0 unspecified atom stereocenters. The maximum atomic E-state index is 12.1. The Kier molecular flexibility index (Phi) is 6.93. The quantitative estimate of drug-likeness (QED) is 0.715. The first-order valence-electron chi connectivity index (χ1n) is 7.26. The number of rotatable bonds is 6. The molecule has 0 aliphatic carbocycles. The number of hydrogen-bond donors (Lipinski definition) is 0. The monoisotopic (exact) mass is 309 g/mol. The lowest BCUT2D eigenvalue weighted by Crippen LogP contribution is -2.33. The van der Waals surface area contributed by atoms with E-state index >= 15 is 0 Å². The van der Waals surface area contributed by atoms with Crippen LogP contribution in [0.15, 0.2) is 18.2 Å². The highest BCUT2D eigenvalue weighted by molar-refractivity contribution is 6.32. The number of amides is 1. The number of carbonyl (C=O) groups is 1. The van der Waals surface area contributed by atoms with Crippen LogP contribution in [0.4, 0.5) is 5.69 Å². The summed E-state index contributed by atoms with van der Waals surface area (Å²) in [6.45, 7) is 9.65. The van der Waals surface area contributed by atoms with Crippen LogP contribution in [0.2, 0.25) is 5.02 Å². The molecule has 0 aliphatic rings. The Morgan fingerprint density at radius 1 is 1.43 bits per heavy atom. The van der Waals surface area contributed by atoms with Crippen molar-refractivity contribution in [1.82, 2.24) is 0 Å². The average Bonchev–Trinajstić information content (AvgIpc) is 2.41. The van der Waals surface area contributed by atoms with Crippen molar-refractivity contribution >= 4 is 29.3 Å². The van der Waals surface area contributed by atoms with Crippen LogP contribution in [-0.4, -0.2) is 18.7 Å². The predicted octanol–water partition coefficient (Wildman–Crippen LogP) is 4.67. The van der Waals surface area contributed by atoms with Crippen LogP contribution in [0, 0.1) is 0 Å². The van der Waals surface area contributed by atoms with Gasteiger partial charge in [-0.2, -0.15) is 0 Å². The Balaban J connectivity index is 3.39. The first kappa shape index (κ1) is 17.7. The maximum Gasteiger partial charge on any atom is 0.225 e. The summed E-state index contributed by atoms with van der Waals surface area (Å²) in [6, 6.07) is 3.81. The molecule has 21 heavy (non-hydrogen) atoms. The number of hydrogen-bond acceptors (Lipinski definition) is 2. The fourth-order valence-electron chi connectivity index (χ4n) is 2.14. The van der Waals surface area contributed by atoms with Crippen molar-refractivity contribution < 1.29 is 9.53 Å². The van der Waals surface area contributed by atoms with Gasteiger partial charge in [-0.15, -0.1) is 0 Å². The molecule has 0 saturated carbocycles. The number of ether oxygens (including phenoxy) is 1. The molecule has 0 bridgehead atoms. The Hall–Kier alpha value is -1.32. The minimum absolute atomic E-state index is 0.0567. The van der Waals surface area contributed by atoms with Crippen molar-refractivity contribution in [2.24, 2.45) is 0 Å². The van der Waals surface area contributed by atoms with Gasteiger partial charge in [0.25, 0.3) is 0 Å². The molecule has 0 saturated heterocycles. The Morgan fingerprint density at radius 2 is 2.10 bits per heavy atom. The van der Waals surface area contributed by atoms with Gasteiger partial charge in [0, 0.05) is 11.9 Å². The third kappa shape index (κ3) is 4.58. The van der Waals surface area contributed by atoms with Crippen LogP contribution in [0.3, 0.4) is 0 Å². The molecule has 0 atom stereocenters. The molecule has 1 rings (SSSR count). The molecule has 0 heterocycles. The van der Waals surface area contributed by atoms with Gasteiger partial charge in [-0.1, -0.05) is 36.7 Å². The summed E-state index contributed by atoms with van der Waals surface area (Å²) < 4.78 is 5.63. The van der Waals surface area contributed by atoms with Crippen molar-refractivity contribution in [2.75, 3.05) is 11.6 Å². The summed E-state index contributed by atoms with van der Waals surface area (Å²) in [6.07, 6.45) is 4.75. The summed E-state index contributed by atoms with van der Waals surface area (Å²) in [4.78, 5) is 13.7. The van der Waals surface area contributed by atoms with Crippen LogP contribution < -0.4 is 4.90 Å². The van der Waals surface area contributed by atoms with Crippen LogP contribution in [0.25, 0.3) is 6.08 Å². The van der Waals surface area contributed by atoms with Crippen LogP contribution in [-0.2, 0) is 16.0 Å². The lowest BCUT2D eigenvalue weighted by atomic mass is 10.0. The third-order valence-electron chi connectivity index (χ3n) is 3.14. The zero-order valence-electron chi connectivity index (χ0n) is 13.4. The summed E-state index contributed by atoms with van der Waals surface area (Å²) >= 11 is 6.31. The van der Waals surface area contributed by atoms with E-state index < -0.39 is 0 Å². The van der Waals surface area contributed by atoms with Gasteiger partial charge < -0.3 is 4.74 Å². The average molecular weight is 310 g/mol. The van der Waals surface area contributed by atoms with E-state index in [2.05, 4.69) is 0 Å². The summed E-state index contributed by atoms with van der Waals surface area (Å²) in [5, 5.41) is 0.677.